The molecule has 0 saturated heterocycles. The number of amides is 2. The number of carbonyl (C=O) groups excluding carboxylic acids is 2. The van der Waals surface area contributed by atoms with Crippen molar-refractivity contribution in [3.63, 3.8) is 0 Å². The number of aryl methyl sites for hydroxylation is 1. The van der Waals surface area contributed by atoms with Gasteiger partial charge in [-0.2, -0.15) is 0 Å². The molecule has 1 aliphatic rings. The summed E-state index contributed by atoms with van der Waals surface area (Å²) in [6, 6.07) is 12.6. The van der Waals surface area contributed by atoms with E-state index < -0.39 is 6.04 Å². The topological polar surface area (TPSA) is 67.9 Å². The van der Waals surface area contributed by atoms with E-state index in [1.165, 1.54) is 0 Å². The van der Waals surface area contributed by atoms with Crippen LogP contribution in [-0.2, 0) is 22.6 Å². The van der Waals surface area contributed by atoms with E-state index in [4.69, 9.17) is 21.1 Å². The normalized spacial score (nSPS) is 13.3. The predicted molar refractivity (Wildman–Crippen MR) is 130 cm³/mol. The van der Waals surface area contributed by atoms with Gasteiger partial charge in [-0.3, -0.25) is 9.59 Å². The summed E-state index contributed by atoms with van der Waals surface area (Å²) < 4.78 is 11.2. The number of unbranched alkanes of at least 4 members (excludes halogenated alkanes) is 1. The first-order valence-corrected chi connectivity index (χ1v) is 12.1. The molecule has 1 aliphatic heterocycles. The molecule has 1 heterocycles. The lowest BCUT2D eigenvalue weighted by Gasteiger charge is -2.31. The number of ether oxygens (including phenoxy) is 2. The highest BCUT2D eigenvalue weighted by Gasteiger charge is 2.28. The van der Waals surface area contributed by atoms with Gasteiger partial charge in [0.1, 0.15) is 19.3 Å². The Morgan fingerprint density at radius 3 is 2.42 bits per heavy atom. The summed E-state index contributed by atoms with van der Waals surface area (Å²) in [6.07, 6.45) is 3.31. The van der Waals surface area contributed by atoms with Crippen molar-refractivity contribution in [2.45, 2.75) is 58.5 Å². The van der Waals surface area contributed by atoms with Crippen LogP contribution >= 0.6 is 11.6 Å². The standard InChI is InChI=1S/C26H33ClN2O4/c1-3-5-14-28-26(31)22(4-2)29(18-20-6-10-21(27)11-7-20)25(30)13-9-19-8-12-23-24(17-19)33-16-15-32-23/h6-8,10-12,17,22H,3-5,9,13-16,18H2,1-2H3,(H,28,31)/t22-/m0/s1. The molecule has 0 aliphatic carbocycles. The Hall–Kier alpha value is -2.73. The minimum absolute atomic E-state index is 0.0580. The van der Waals surface area contributed by atoms with E-state index in [0.29, 0.717) is 56.3 Å². The van der Waals surface area contributed by atoms with Crippen LogP contribution in [0.5, 0.6) is 11.5 Å². The van der Waals surface area contributed by atoms with Gasteiger partial charge in [0.2, 0.25) is 11.8 Å². The van der Waals surface area contributed by atoms with Crippen LogP contribution in [0.15, 0.2) is 42.5 Å². The number of hydrogen-bond acceptors (Lipinski definition) is 4. The van der Waals surface area contributed by atoms with Crippen molar-refractivity contribution in [2.24, 2.45) is 0 Å². The molecule has 0 aromatic heterocycles. The summed E-state index contributed by atoms with van der Waals surface area (Å²) in [5.41, 5.74) is 1.94. The lowest BCUT2D eigenvalue weighted by Crippen LogP contribution is -2.49. The van der Waals surface area contributed by atoms with Crippen molar-refractivity contribution < 1.29 is 19.1 Å². The monoisotopic (exact) mass is 472 g/mol. The molecule has 7 heteroatoms. The molecule has 2 aromatic carbocycles. The van der Waals surface area contributed by atoms with Crippen LogP contribution in [0.25, 0.3) is 0 Å². The number of nitrogens with zero attached hydrogens (tertiary/aromatic N) is 1. The van der Waals surface area contributed by atoms with E-state index in [1.807, 2.05) is 37.3 Å². The third kappa shape index (κ3) is 7.13. The molecule has 0 unspecified atom stereocenters. The van der Waals surface area contributed by atoms with E-state index in [1.54, 1.807) is 17.0 Å². The largest absolute Gasteiger partial charge is 0.486 e. The van der Waals surface area contributed by atoms with Crippen LogP contribution < -0.4 is 14.8 Å². The first-order chi connectivity index (χ1) is 16.0. The van der Waals surface area contributed by atoms with Crippen LogP contribution in [-0.4, -0.2) is 42.5 Å². The fourth-order valence-corrected chi connectivity index (χ4v) is 3.98. The highest BCUT2D eigenvalue weighted by atomic mass is 35.5. The van der Waals surface area contributed by atoms with Crippen molar-refractivity contribution in [1.29, 1.82) is 0 Å². The number of halogens is 1. The number of carbonyl (C=O) groups is 2. The van der Waals surface area contributed by atoms with Crippen molar-refractivity contribution in [3.8, 4) is 11.5 Å². The van der Waals surface area contributed by atoms with Gasteiger partial charge in [-0.25, -0.2) is 0 Å². The molecule has 3 rings (SSSR count). The SMILES string of the molecule is CCCCNC(=O)[C@H](CC)N(Cc1ccc(Cl)cc1)C(=O)CCc1ccc2c(c1)OCCO2. The van der Waals surface area contributed by atoms with Gasteiger partial charge in [0.25, 0.3) is 0 Å². The molecule has 0 fully saturated rings. The Morgan fingerprint density at radius 2 is 1.73 bits per heavy atom. The molecular weight excluding hydrogens is 440 g/mol. The van der Waals surface area contributed by atoms with Crippen molar-refractivity contribution >= 4 is 23.4 Å². The molecule has 1 atom stereocenters. The molecule has 6 nitrogen and oxygen atoms in total. The quantitative estimate of drug-likeness (QED) is 0.478. The number of fused-ring (bicyclic) bond motifs is 1. The van der Waals surface area contributed by atoms with Gasteiger partial charge in [0.05, 0.1) is 0 Å². The highest BCUT2D eigenvalue weighted by Crippen LogP contribution is 2.31. The van der Waals surface area contributed by atoms with Crippen LogP contribution in [0.2, 0.25) is 5.02 Å². The zero-order valence-electron chi connectivity index (χ0n) is 19.4. The molecule has 33 heavy (non-hydrogen) atoms. The maximum Gasteiger partial charge on any atom is 0.242 e. The Balaban J connectivity index is 1.72. The van der Waals surface area contributed by atoms with Crippen LogP contribution in [0.1, 0.15) is 50.7 Å². The second kappa shape index (κ2) is 12.5. The molecule has 2 aromatic rings. The maximum absolute atomic E-state index is 13.4. The first kappa shape index (κ1) is 24.9. The Bertz CT molecular complexity index is 932. The third-order valence-corrected chi connectivity index (χ3v) is 5.97. The molecule has 0 radical (unpaired) electrons. The molecule has 1 N–H and O–H groups in total. The summed E-state index contributed by atoms with van der Waals surface area (Å²) >= 11 is 6.03. The van der Waals surface area contributed by atoms with E-state index >= 15 is 0 Å². The zero-order valence-corrected chi connectivity index (χ0v) is 20.2. The van der Waals surface area contributed by atoms with E-state index in [0.717, 1.165) is 29.7 Å². The fourth-order valence-electron chi connectivity index (χ4n) is 3.85. The average molecular weight is 473 g/mol. The second-order valence-electron chi connectivity index (χ2n) is 8.19. The van der Waals surface area contributed by atoms with Gasteiger partial charge in [-0.15, -0.1) is 0 Å². The van der Waals surface area contributed by atoms with E-state index in [9.17, 15) is 9.59 Å². The summed E-state index contributed by atoms with van der Waals surface area (Å²) in [4.78, 5) is 28.0. The Morgan fingerprint density at radius 1 is 1.03 bits per heavy atom. The molecule has 178 valence electrons. The number of benzene rings is 2. The maximum atomic E-state index is 13.4. The summed E-state index contributed by atoms with van der Waals surface area (Å²) in [5, 5.41) is 3.63. The molecule has 0 saturated carbocycles. The van der Waals surface area contributed by atoms with Crippen molar-refractivity contribution in [1.82, 2.24) is 10.2 Å². The minimum atomic E-state index is -0.523. The minimum Gasteiger partial charge on any atom is -0.486 e. The van der Waals surface area contributed by atoms with Crippen molar-refractivity contribution in [3.05, 3.63) is 58.6 Å². The predicted octanol–water partition coefficient (Wildman–Crippen LogP) is 4.77. The summed E-state index contributed by atoms with van der Waals surface area (Å²) in [5.74, 6) is 1.28. The van der Waals surface area contributed by atoms with E-state index in [2.05, 4.69) is 12.2 Å². The van der Waals surface area contributed by atoms with Crippen molar-refractivity contribution in [2.75, 3.05) is 19.8 Å². The van der Waals surface area contributed by atoms with Gasteiger partial charge in [0, 0.05) is 24.5 Å². The Kier molecular flexibility index (Phi) is 9.43. The third-order valence-electron chi connectivity index (χ3n) is 5.72. The van der Waals surface area contributed by atoms with Gasteiger partial charge in [0.15, 0.2) is 11.5 Å². The lowest BCUT2D eigenvalue weighted by atomic mass is 10.1. The average Bonchev–Trinajstić information content (AvgIpc) is 2.83. The molecule has 0 bridgehead atoms. The summed E-state index contributed by atoms with van der Waals surface area (Å²) in [6.45, 7) is 6.06. The van der Waals surface area contributed by atoms with Gasteiger partial charge in [-0.1, -0.05) is 50.1 Å². The fraction of sp³-hybridized carbons (Fsp3) is 0.462. The molecule has 2 amide bonds. The second-order valence-corrected chi connectivity index (χ2v) is 8.63. The van der Waals surface area contributed by atoms with Gasteiger partial charge >= 0.3 is 0 Å². The van der Waals surface area contributed by atoms with Crippen LogP contribution in [0.3, 0.4) is 0 Å². The van der Waals surface area contributed by atoms with Gasteiger partial charge in [-0.05, 0) is 54.7 Å². The van der Waals surface area contributed by atoms with Crippen LogP contribution in [0, 0.1) is 0 Å². The highest BCUT2D eigenvalue weighted by molar-refractivity contribution is 6.30. The zero-order chi connectivity index (χ0) is 23.6. The van der Waals surface area contributed by atoms with Crippen LogP contribution in [0.4, 0.5) is 0 Å². The number of nitrogens with one attached hydrogen (secondary N) is 1. The number of hydrogen-bond donors (Lipinski definition) is 1. The number of rotatable bonds is 11. The smallest absolute Gasteiger partial charge is 0.242 e. The summed E-state index contributed by atoms with van der Waals surface area (Å²) in [7, 11) is 0. The molecule has 0 spiro atoms. The lowest BCUT2D eigenvalue weighted by molar-refractivity contribution is -0.141. The van der Waals surface area contributed by atoms with E-state index in [-0.39, 0.29) is 11.8 Å². The Labute approximate surface area is 201 Å². The first-order valence-electron chi connectivity index (χ1n) is 11.7. The molecular formula is C26H33ClN2O4. The van der Waals surface area contributed by atoms with Gasteiger partial charge < -0.3 is 19.7 Å².